The predicted molar refractivity (Wildman–Crippen MR) is 132 cm³/mol. The maximum absolute atomic E-state index is 12.8. The van der Waals surface area contributed by atoms with Crippen molar-refractivity contribution in [2.45, 2.75) is 45.6 Å². The van der Waals surface area contributed by atoms with Crippen molar-refractivity contribution in [3.8, 4) is 34.3 Å². The summed E-state index contributed by atoms with van der Waals surface area (Å²) in [4.78, 5) is 26.8. The van der Waals surface area contributed by atoms with Crippen LogP contribution in [0.5, 0.6) is 23.0 Å². The first-order valence-electron chi connectivity index (χ1n) is 12.0. The number of ether oxygens (including phenoxy) is 3. The second-order valence-corrected chi connectivity index (χ2v) is 8.54. The normalized spacial score (nSPS) is 13.7. The van der Waals surface area contributed by atoms with Crippen molar-refractivity contribution in [3.63, 3.8) is 0 Å². The molecule has 0 unspecified atom stereocenters. The average Bonchev–Trinajstić information content (AvgIpc) is 3.36. The Balaban J connectivity index is 1.66. The molecule has 1 heterocycles. The van der Waals surface area contributed by atoms with Crippen LogP contribution in [0.15, 0.2) is 45.6 Å². The highest BCUT2D eigenvalue weighted by molar-refractivity contribution is 5.86. The zero-order valence-corrected chi connectivity index (χ0v) is 20.3. The van der Waals surface area contributed by atoms with Crippen molar-refractivity contribution >= 4 is 16.9 Å². The Morgan fingerprint density at radius 3 is 2.51 bits per heavy atom. The molecular weight excluding hydrogens is 450 g/mol. The van der Waals surface area contributed by atoms with Gasteiger partial charge in [0.15, 0.2) is 23.5 Å². The Labute approximate surface area is 204 Å². The number of amides is 1. The molecule has 0 bridgehead atoms. The van der Waals surface area contributed by atoms with Crippen molar-refractivity contribution < 1.29 is 28.5 Å². The second kappa shape index (κ2) is 10.7. The molecule has 0 spiro atoms. The fourth-order valence-corrected chi connectivity index (χ4v) is 4.39. The van der Waals surface area contributed by atoms with Crippen molar-refractivity contribution in [3.05, 3.63) is 46.6 Å². The summed E-state index contributed by atoms with van der Waals surface area (Å²) in [5.41, 5.74) is 0.408. The Hall–Kier alpha value is -3.68. The van der Waals surface area contributed by atoms with Gasteiger partial charge >= 0.3 is 0 Å². The molecule has 1 aliphatic carbocycles. The van der Waals surface area contributed by atoms with E-state index in [1.165, 1.54) is 18.2 Å². The Morgan fingerprint density at radius 1 is 1.09 bits per heavy atom. The summed E-state index contributed by atoms with van der Waals surface area (Å²) >= 11 is 0. The van der Waals surface area contributed by atoms with Crippen LogP contribution in [-0.4, -0.2) is 48.8 Å². The lowest BCUT2D eigenvalue weighted by Gasteiger charge is -2.18. The van der Waals surface area contributed by atoms with Crippen LogP contribution in [0.3, 0.4) is 0 Å². The summed E-state index contributed by atoms with van der Waals surface area (Å²) in [6.07, 6.45) is 4.41. The third kappa shape index (κ3) is 5.37. The molecule has 3 aromatic rings. The van der Waals surface area contributed by atoms with Crippen LogP contribution >= 0.6 is 0 Å². The first kappa shape index (κ1) is 24.4. The third-order valence-corrected chi connectivity index (χ3v) is 6.31. The first-order chi connectivity index (χ1) is 16.9. The number of hydrogen-bond donors (Lipinski definition) is 1. The van der Waals surface area contributed by atoms with Gasteiger partial charge in [-0.3, -0.25) is 9.59 Å². The lowest BCUT2D eigenvalue weighted by molar-refractivity contribution is -0.132. The Kier molecular flexibility index (Phi) is 7.48. The van der Waals surface area contributed by atoms with Gasteiger partial charge in [-0.25, -0.2) is 0 Å². The van der Waals surface area contributed by atoms with E-state index >= 15 is 0 Å². The van der Waals surface area contributed by atoms with Crippen molar-refractivity contribution in [2.75, 3.05) is 26.8 Å². The highest BCUT2D eigenvalue weighted by Crippen LogP contribution is 2.37. The van der Waals surface area contributed by atoms with Crippen molar-refractivity contribution in [1.82, 2.24) is 4.90 Å². The van der Waals surface area contributed by atoms with Crippen LogP contribution in [-0.2, 0) is 4.79 Å². The number of fused-ring (bicyclic) bond motifs is 1. The summed E-state index contributed by atoms with van der Waals surface area (Å²) < 4.78 is 23.2. The van der Waals surface area contributed by atoms with Gasteiger partial charge in [0.25, 0.3) is 5.91 Å². The zero-order valence-electron chi connectivity index (χ0n) is 20.3. The van der Waals surface area contributed by atoms with Crippen LogP contribution in [0.1, 0.15) is 39.5 Å². The smallest absolute Gasteiger partial charge is 0.260 e. The van der Waals surface area contributed by atoms with E-state index in [-0.39, 0.29) is 41.1 Å². The molecule has 2 aromatic carbocycles. The minimum Gasteiger partial charge on any atom is -0.507 e. The van der Waals surface area contributed by atoms with Gasteiger partial charge in [0.2, 0.25) is 0 Å². The molecule has 1 N–H and O–H groups in total. The molecule has 0 saturated heterocycles. The monoisotopic (exact) mass is 481 g/mol. The number of phenolic OH excluding ortho intramolecular Hbond substituents is 1. The Morgan fingerprint density at radius 2 is 1.83 bits per heavy atom. The van der Waals surface area contributed by atoms with Gasteiger partial charge < -0.3 is 28.6 Å². The van der Waals surface area contributed by atoms with E-state index in [4.69, 9.17) is 18.6 Å². The number of carbonyl (C=O) groups is 1. The van der Waals surface area contributed by atoms with Gasteiger partial charge in [-0.1, -0.05) is 0 Å². The van der Waals surface area contributed by atoms with E-state index < -0.39 is 5.43 Å². The standard InChI is InChI=1S/C27H31NO7/c1-4-28(5-2)26(31)16-33-19-13-20(29)27-21(30)15-23(35-25(27)14-19)17-10-11-22(32-3)24(12-17)34-18-8-6-7-9-18/h10-15,18,29H,4-9,16H2,1-3H3. The maximum Gasteiger partial charge on any atom is 0.260 e. The number of likely N-dealkylation sites (N-methyl/N-ethyl adjacent to an activating group) is 1. The molecular formula is C27H31NO7. The topological polar surface area (TPSA) is 98.4 Å². The number of rotatable bonds is 9. The minimum atomic E-state index is -0.390. The fourth-order valence-electron chi connectivity index (χ4n) is 4.39. The summed E-state index contributed by atoms with van der Waals surface area (Å²) in [6, 6.07) is 9.52. The van der Waals surface area contributed by atoms with Crippen LogP contribution in [0, 0.1) is 0 Å². The molecule has 8 heteroatoms. The van der Waals surface area contributed by atoms with Gasteiger partial charge in [-0.05, 0) is 57.7 Å². The SMILES string of the molecule is CCN(CC)C(=O)COc1cc(O)c2c(=O)cc(-c3ccc(OC)c(OC4CCCC4)c3)oc2c1. The quantitative estimate of drug-likeness (QED) is 0.471. The molecule has 186 valence electrons. The fraction of sp³-hybridized carbons (Fsp3) is 0.407. The highest BCUT2D eigenvalue weighted by atomic mass is 16.5. The second-order valence-electron chi connectivity index (χ2n) is 8.54. The number of phenols is 1. The minimum absolute atomic E-state index is 0.0483. The highest BCUT2D eigenvalue weighted by Gasteiger charge is 2.20. The van der Waals surface area contributed by atoms with Crippen molar-refractivity contribution in [1.29, 1.82) is 0 Å². The molecule has 35 heavy (non-hydrogen) atoms. The molecule has 0 atom stereocenters. The number of aromatic hydroxyl groups is 1. The van der Waals surface area contributed by atoms with Crippen LogP contribution in [0.2, 0.25) is 0 Å². The number of hydrogen-bond acceptors (Lipinski definition) is 7. The van der Waals surface area contributed by atoms with Gasteiger partial charge in [-0.2, -0.15) is 0 Å². The van der Waals surface area contributed by atoms with Crippen molar-refractivity contribution in [2.24, 2.45) is 0 Å². The first-order valence-corrected chi connectivity index (χ1v) is 12.0. The average molecular weight is 482 g/mol. The molecule has 8 nitrogen and oxygen atoms in total. The molecule has 0 aliphatic heterocycles. The number of carbonyl (C=O) groups excluding carboxylic acids is 1. The van der Waals surface area contributed by atoms with E-state index in [0.29, 0.717) is 35.9 Å². The van der Waals surface area contributed by atoms with E-state index in [9.17, 15) is 14.7 Å². The largest absolute Gasteiger partial charge is 0.507 e. The van der Waals surface area contributed by atoms with E-state index in [1.807, 2.05) is 13.8 Å². The molecule has 1 saturated carbocycles. The van der Waals surface area contributed by atoms with Crippen LogP contribution in [0.4, 0.5) is 0 Å². The molecule has 1 aliphatic rings. The molecule has 1 aromatic heterocycles. The van der Waals surface area contributed by atoms with Gasteiger partial charge in [0.05, 0.1) is 13.2 Å². The number of nitrogens with zero attached hydrogens (tertiary/aromatic N) is 1. The number of methoxy groups -OCH3 is 1. The van der Waals surface area contributed by atoms with Gasteiger partial charge in [0.1, 0.15) is 28.2 Å². The summed E-state index contributed by atoms with van der Waals surface area (Å²) in [5, 5.41) is 10.5. The van der Waals surface area contributed by atoms with Crippen LogP contribution < -0.4 is 19.6 Å². The third-order valence-electron chi connectivity index (χ3n) is 6.31. The molecule has 1 amide bonds. The number of benzene rings is 2. The molecule has 4 rings (SSSR count). The lowest BCUT2D eigenvalue weighted by atomic mass is 10.1. The maximum atomic E-state index is 12.8. The predicted octanol–water partition coefficient (Wildman–Crippen LogP) is 4.74. The summed E-state index contributed by atoms with van der Waals surface area (Å²) in [7, 11) is 1.59. The summed E-state index contributed by atoms with van der Waals surface area (Å²) in [5.74, 6) is 1.31. The lowest BCUT2D eigenvalue weighted by Crippen LogP contribution is -2.34. The molecule has 1 fully saturated rings. The van der Waals surface area contributed by atoms with Gasteiger partial charge in [-0.15, -0.1) is 0 Å². The van der Waals surface area contributed by atoms with Crippen LogP contribution in [0.25, 0.3) is 22.3 Å². The Bertz CT molecular complexity index is 1260. The van der Waals surface area contributed by atoms with E-state index in [0.717, 1.165) is 25.7 Å². The summed E-state index contributed by atoms with van der Waals surface area (Å²) in [6.45, 7) is 4.75. The van der Waals surface area contributed by atoms with E-state index in [1.54, 1.807) is 30.2 Å². The van der Waals surface area contributed by atoms with E-state index in [2.05, 4.69) is 0 Å². The zero-order chi connectivity index (χ0) is 24.9. The van der Waals surface area contributed by atoms with Gasteiger partial charge in [0, 0.05) is 36.9 Å². The molecule has 0 radical (unpaired) electrons.